The van der Waals surface area contributed by atoms with Crippen molar-refractivity contribution < 1.29 is 0 Å². The van der Waals surface area contributed by atoms with E-state index >= 15 is 0 Å². The standard InChI is InChI=1S/C23H36/c1-15-11-17(21(3,4)5)13-19(15)23(9,10)20-14-18(12-16(20)2)22(6,7)8/h11-12H,13-14H2,1-10H3. The molecule has 0 aromatic rings. The molecule has 0 amide bonds. The molecule has 0 radical (unpaired) electrons. The molecule has 0 unspecified atom stereocenters. The van der Waals surface area contributed by atoms with Gasteiger partial charge in [-0.3, -0.25) is 0 Å². The molecule has 0 fully saturated rings. The zero-order valence-electron chi connectivity index (χ0n) is 17.1. The third-order valence-electron chi connectivity index (χ3n) is 5.90. The van der Waals surface area contributed by atoms with Crippen molar-refractivity contribution in [3.63, 3.8) is 0 Å². The minimum atomic E-state index is 0.154. The summed E-state index contributed by atoms with van der Waals surface area (Å²) in [5, 5.41) is 0. The highest BCUT2D eigenvalue weighted by atomic mass is 14.4. The van der Waals surface area contributed by atoms with Crippen molar-refractivity contribution in [1.82, 2.24) is 0 Å². The van der Waals surface area contributed by atoms with Crippen LogP contribution in [0.1, 0.15) is 82.1 Å². The van der Waals surface area contributed by atoms with E-state index in [-0.39, 0.29) is 16.2 Å². The average molecular weight is 313 g/mol. The molecule has 0 saturated heterocycles. The van der Waals surface area contributed by atoms with Gasteiger partial charge in [-0.05, 0) is 37.5 Å². The smallest absolute Gasteiger partial charge is 0.00818 e. The Bertz CT molecular complexity index is 573. The lowest BCUT2D eigenvalue weighted by molar-refractivity contribution is 0.452. The molecule has 0 atom stereocenters. The summed E-state index contributed by atoms with van der Waals surface area (Å²) in [6.07, 6.45) is 7.17. The fourth-order valence-corrected chi connectivity index (χ4v) is 4.03. The fraction of sp³-hybridized carbons (Fsp3) is 0.652. The number of hydrogen-bond acceptors (Lipinski definition) is 0. The van der Waals surface area contributed by atoms with Crippen molar-refractivity contribution in [3.05, 3.63) is 45.6 Å². The Kier molecular flexibility index (Phi) is 4.38. The van der Waals surface area contributed by atoms with Gasteiger partial charge in [-0.2, -0.15) is 0 Å². The van der Waals surface area contributed by atoms with E-state index in [0.717, 1.165) is 12.8 Å². The predicted octanol–water partition coefficient (Wildman–Crippen LogP) is 7.40. The van der Waals surface area contributed by atoms with Gasteiger partial charge in [0.05, 0.1) is 0 Å². The van der Waals surface area contributed by atoms with Crippen LogP contribution in [-0.4, -0.2) is 0 Å². The molecule has 0 spiro atoms. The highest BCUT2D eigenvalue weighted by Gasteiger charge is 2.37. The van der Waals surface area contributed by atoms with Crippen LogP contribution in [-0.2, 0) is 0 Å². The summed E-state index contributed by atoms with van der Waals surface area (Å²) in [7, 11) is 0. The Balaban J connectivity index is 2.29. The van der Waals surface area contributed by atoms with Crippen LogP contribution in [0.5, 0.6) is 0 Å². The highest BCUT2D eigenvalue weighted by Crippen LogP contribution is 2.52. The normalized spacial score (nSPS) is 20.4. The van der Waals surface area contributed by atoms with Crippen LogP contribution >= 0.6 is 0 Å². The largest absolute Gasteiger partial charge is 0.0605 e. The lowest BCUT2D eigenvalue weighted by atomic mass is 9.71. The Morgan fingerprint density at radius 2 is 0.913 bits per heavy atom. The van der Waals surface area contributed by atoms with E-state index in [1.807, 2.05) is 0 Å². The van der Waals surface area contributed by atoms with Crippen LogP contribution in [0.4, 0.5) is 0 Å². The maximum absolute atomic E-state index is 2.44. The lowest BCUT2D eigenvalue weighted by Crippen LogP contribution is -2.21. The Hall–Kier alpha value is -1.04. The molecular weight excluding hydrogens is 276 g/mol. The molecule has 0 heteroatoms. The summed E-state index contributed by atoms with van der Waals surface area (Å²) < 4.78 is 0. The molecule has 0 N–H and O–H groups in total. The molecule has 0 aromatic carbocycles. The van der Waals surface area contributed by atoms with Crippen LogP contribution in [0.15, 0.2) is 45.6 Å². The second-order valence-electron chi connectivity index (χ2n) is 10.1. The summed E-state index contributed by atoms with van der Waals surface area (Å²) in [5.74, 6) is 0. The van der Waals surface area contributed by atoms with E-state index in [2.05, 4.69) is 81.4 Å². The molecule has 0 heterocycles. The van der Waals surface area contributed by atoms with Crippen LogP contribution in [0, 0.1) is 16.2 Å². The van der Waals surface area contributed by atoms with E-state index in [4.69, 9.17) is 0 Å². The summed E-state index contributed by atoms with van der Waals surface area (Å²) in [4.78, 5) is 0. The lowest BCUT2D eigenvalue weighted by Gasteiger charge is -2.33. The van der Waals surface area contributed by atoms with Crippen LogP contribution in [0.3, 0.4) is 0 Å². The molecule has 2 aliphatic rings. The second-order valence-corrected chi connectivity index (χ2v) is 10.1. The molecule has 23 heavy (non-hydrogen) atoms. The average Bonchev–Trinajstić information content (AvgIpc) is 2.91. The van der Waals surface area contributed by atoms with Crippen molar-refractivity contribution in [2.75, 3.05) is 0 Å². The first-order valence-corrected chi connectivity index (χ1v) is 9.07. The van der Waals surface area contributed by atoms with Gasteiger partial charge in [0.25, 0.3) is 0 Å². The first-order chi connectivity index (χ1) is 10.2. The van der Waals surface area contributed by atoms with E-state index in [1.54, 1.807) is 22.3 Å². The number of rotatable bonds is 2. The van der Waals surface area contributed by atoms with Gasteiger partial charge in [0, 0.05) is 5.41 Å². The molecule has 0 nitrogen and oxygen atoms in total. The van der Waals surface area contributed by atoms with Gasteiger partial charge < -0.3 is 0 Å². The summed E-state index contributed by atoms with van der Waals surface area (Å²) in [5.41, 5.74) is 10.1. The van der Waals surface area contributed by atoms with Crippen molar-refractivity contribution in [2.24, 2.45) is 16.2 Å². The zero-order chi connectivity index (χ0) is 17.8. The maximum atomic E-state index is 2.44. The number of allylic oxidation sites excluding steroid dienone is 8. The first-order valence-electron chi connectivity index (χ1n) is 9.07. The minimum absolute atomic E-state index is 0.154. The van der Waals surface area contributed by atoms with Crippen LogP contribution < -0.4 is 0 Å². The maximum Gasteiger partial charge on any atom is 0.00818 e. The van der Waals surface area contributed by atoms with Crippen LogP contribution in [0.25, 0.3) is 0 Å². The Morgan fingerprint density at radius 1 is 0.609 bits per heavy atom. The van der Waals surface area contributed by atoms with Crippen molar-refractivity contribution in [1.29, 1.82) is 0 Å². The zero-order valence-corrected chi connectivity index (χ0v) is 17.1. The van der Waals surface area contributed by atoms with Gasteiger partial charge in [-0.1, -0.05) is 101 Å². The SMILES string of the molecule is CC1=C(C(C)(C)C2=C(C)C=C(C(C)(C)C)C2)CC(C(C)(C)C)=C1. The quantitative estimate of drug-likeness (QED) is 0.498. The van der Waals surface area contributed by atoms with Crippen molar-refractivity contribution >= 4 is 0 Å². The molecule has 128 valence electrons. The van der Waals surface area contributed by atoms with Crippen LogP contribution in [0.2, 0.25) is 0 Å². The molecule has 2 rings (SSSR count). The minimum Gasteiger partial charge on any atom is -0.0605 e. The summed E-state index contributed by atoms with van der Waals surface area (Å²) >= 11 is 0. The summed E-state index contributed by atoms with van der Waals surface area (Å²) in [6.45, 7) is 23.5. The van der Waals surface area contributed by atoms with E-state index in [1.165, 1.54) is 11.1 Å². The van der Waals surface area contributed by atoms with E-state index in [9.17, 15) is 0 Å². The molecule has 0 aliphatic heterocycles. The first kappa shape index (κ1) is 18.3. The highest BCUT2D eigenvalue weighted by molar-refractivity contribution is 5.51. The Morgan fingerprint density at radius 3 is 1.13 bits per heavy atom. The number of hydrogen-bond donors (Lipinski definition) is 0. The van der Waals surface area contributed by atoms with Gasteiger partial charge in [-0.15, -0.1) is 0 Å². The molecule has 0 saturated carbocycles. The third kappa shape index (κ3) is 3.42. The van der Waals surface area contributed by atoms with Gasteiger partial charge >= 0.3 is 0 Å². The van der Waals surface area contributed by atoms with Gasteiger partial charge in [0.1, 0.15) is 0 Å². The monoisotopic (exact) mass is 312 g/mol. The molecular formula is C23H36. The molecule has 0 bridgehead atoms. The fourth-order valence-electron chi connectivity index (χ4n) is 4.03. The summed E-state index contributed by atoms with van der Waals surface area (Å²) in [6, 6.07) is 0. The van der Waals surface area contributed by atoms with E-state index < -0.39 is 0 Å². The van der Waals surface area contributed by atoms with Crippen molar-refractivity contribution in [3.8, 4) is 0 Å². The third-order valence-corrected chi connectivity index (χ3v) is 5.90. The van der Waals surface area contributed by atoms with Gasteiger partial charge in [0.15, 0.2) is 0 Å². The van der Waals surface area contributed by atoms with Crippen molar-refractivity contribution in [2.45, 2.75) is 82.1 Å². The van der Waals surface area contributed by atoms with Gasteiger partial charge in [0.2, 0.25) is 0 Å². The molecule has 0 aromatic heterocycles. The Labute approximate surface area is 144 Å². The topological polar surface area (TPSA) is 0 Å². The molecule has 2 aliphatic carbocycles. The predicted molar refractivity (Wildman–Crippen MR) is 103 cm³/mol. The second kappa shape index (κ2) is 5.50. The van der Waals surface area contributed by atoms with E-state index in [0.29, 0.717) is 0 Å². The van der Waals surface area contributed by atoms with Gasteiger partial charge in [-0.25, -0.2) is 0 Å².